The highest BCUT2D eigenvalue weighted by Gasteiger charge is 2.22. The predicted octanol–water partition coefficient (Wildman–Crippen LogP) is 1.42. The Bertz CT molecular complexity index is 509. The van der Waals surface area contributed by atoms with E-state index in [0.717, 1.165) is 0 Å². The van der Waals surface area contributed by atoms with Crippen molar-refractivity contribution in [2.24, 2.45) is 0 Å². The van der Waals surface area contributed by atoms with Crippen molar-refractivity contribution in [2.75, 3.05) is 40.5 Å². The van der Waals surface area contributed by atoms with Gasteiger partial charge in [0.05, 0.1) is 20.8 Å². The number of carbonyl (C=O) groups is 1. The summed E-state index contributed by atoms with van der Waals surface area (Å²) in [6.07, 6.45) is -0.161. The summed E-state index contributed by atoms with van der Waals surface area (Å²) in [6.45, 7) is 2.14. The Kier molecular flexibility index (Phi) is 5.71. The molecule has 0 unspecified atom stereocenters. The molecule has 1 aliphatic rings. The summed E-state index contributed by atoms with van der Waals surface area (Å²) in [6, 6.07) is 5.56. The molecule has 122 valence electrons. The zero-order chi connectivity index (χ0) is 15.9. The Morgan fingerprint density at radius 2 is 2.14 bits per heavy atom. The van der Waals surface area contributed by atoms with E-state index in [4.69, 9.17) is 19.3 Å². The van der Waals surface area contributed by atoms with Gasteiger partial charge >= 0.3 is 6.09 Å². The van der Waals surface area contributed by atoms with Gasteiger partial charge in [-0.2, -0.15) is 0 Å². The van der Waals surface area contributed by atoms with Gasteiger partial charge in [0.15, 0.2) is 11.5 Å². The van der Waals surface area contributed by atoms with Crippen molar-refractivity contribution in [3.8, 4) is 17.2 Å². The minimum absolute atomic E-state index is 0.0986. The van der Waals surface area contributed by atoms with Crippen LogP contribution in [-0.4, -0.2) is 62.6 Å². The third-order valence-electron chi connectivity index (χ3n) is 3.62. The lowest BCUT2D eigenvalue weighted by Crippen LogP contribution is -2.52. The average molecular weight is 310 g/mol. The fraction of sp³-hybridized carbons (Fsp3) is 0.533. The maximum atomic E-state index is 11.0. The second-order valence-corrected chi connectivity index (χ2v) is 5.01. The van der Waals surface area contributed by atoms with Crippen molar-refractivity contribution < 1.29 is 24.1 Å². The van der Waals surface area contributed by atoms with Gasteiger partial charge in [-0.05, 0) is 18.6 Å². The molecular formula is C15H22N2O5. The van der Waals surface area contributed by atoms with Crippen LogP contribution >= 0.6 is 0 Å². The summed E-state index contributed by atoms with van der Waals surface area (Å²) in [4.78, 5) is 12.4. The summed E-state index contributed by atoms with van der Waals surface area (Å²) in [7, 11) is 3.15. The summed E-state index contributed by atoms with van der Waals surface area (Å²) in [5, 5.41) is 12.3. The topological polar surface area (TPSA) is 80.3 Å². The van der Waals surface area contributed by atoms with Crippen LogP contribution in [0.25, 0.3) is 0 Å². The molecule has 7 nitrogen and oxygen atoms in total. The zero-order valence-corrected chi connectivity index (χ0v) is 12.9. The smallest absolute Gasteiger partial charge is 0.407 e. The number of nitrogens with one attached hydrogen (secondary N) is 1. The Labute approximate surface area is 129 Å². The quantitative estimate of drug-likeness (QED) is 0.827. The summed E-state index contributed by atoms with van der Waals surface area (Å²) in [5.74, 6) is 1.80. The highest BCUT2D eigenvalue weighted by Crippen LogP contribution is 2.36. The third-order valence-corrected chi connectivity index (χ3v) is 3.62. The van der Waals surface area contributed by atoms with Crippen LogP contribution in [0.4, 0.5) is 4.79 Å². The minimum atomic E-state index is -0.873. The number of nitrogens with zero attached hydrogens (tertiary/aromatic N) is 1. The lowest BCUT2D eigenvalue weighted by Gasteiger charge is -2.31. The first kappa shape index (κ1) is 16.2. The lowest BCUT2D eigenvalue weighted by atomic mass is 10.1. The van der Waals surface area contributed by atoms with Crippen molar-refractivity contribution in [2.45, 2.75) is 12.5 Å². The van der Waals surface area contributed by atoms with Crippen molar-refractivity contribution in [1.82, 2.24) is 10.2 Å². The van der Waals surface area contributed by atoms with E-state index in [9.17, 15) is 4.79 Å². The van der Waals surface area contributed by atoms with E-state index in [1.807, 2.05) is 12.1 Å². The molecule has 1 amide bonds. The van der Waals surface area contributed by atoms with E-state index in [1.165, 1.54) is 4.90 Å². The largest absolute Gasteiger partial charge is 0.493 e. The van der Waals surface area contributed by atoms with Gasteiger partial charge in [0.2, 0.25) is 5.75 Å². The SMILES string of the molecule is COc1cccc(OCC[C@@H]2CN(C(=O)O)CCN2)c1OC. The zero-order valence-electron chi connectivity index (χ0n) is 12.9. The Morgan fingerprint density at radius 1 is 1.36 bits per heavy atom. The number of hydrogen-bond acceptors (Lipinski definition) is 5. The number of carboxylic acid groups (broad SMARTS) is 1. The van der Waals surface area contributed by atoms with Crippen LogP contribution in [0.5, 0.6) is 17.2 Å². The molecule has 1 saturated heterocycles. The Hall–Kier alpha value is -2.15. The first-order chi connectivity index (χ1) is 10.7. The van der Waals surface area contributed by atoms with Crippen LogP contribution < -0.4 is 19.5 Å². The van der Waals surface area contributed by atoms with Crippen LogP contribution in [0.2, 0.25) is 0 Å². The van der Waals surface area contributed by atoms with Gasteiger partial charge in [0.1, 0.15) is 0 Å². The van der Waals surface area contributed by atoms with Gasteiger partial charge in [-0.25, -0.2) is 4.79 Å². The van der Waals surface area contributed by atoms with Crippen LogP contribution in [-0.2, 0) is 0 Å². The van der Waals surface area contributed by atoms with Crippen molar-refractivity contribution in [3.63, 3.8) is 0 Å². The van der Waals surface area contributed by atoms with Crippen molar-refractivity contribution in [1.29, 1.82) is 0 Å². The highest BCUT2D eigenvalue weighted by molar-refractivity contribution is 5.65. The molecule has 1 aromatic carbocycles. The van der Waals surface area contributed by atoms with Gasteiger partial charge in [0.25, 0.3) is 0 Å². The molecule has 0 aliphatic carbocycles. The fourth-order valence-corrected chi connectivity index (χ4v) is 2.48. The number of ether oxygens (including phenoxy) is 3. The predicted molar refractivity (Wildman–Crippen MR) is 81.0 cm³/mol. The minimum Gasteiger partial charge on any atom is -0.493 e. The molecular weight excluding hydrogens is 288 g/mol. The number of benzene rings is 1. The molecule has 0 radical (unpaired) electrons. The first-order valence-electron chi connectivity index (χ1n) is 7.20. The van der Waals surface area contributed by atoms with Crippen LogP contribution in [0.1, 0.15) is 6.42 Å². The van der Waals surface area contributed by atoms with Gasteiger partial charge in [-0.1, -0.05) is 6.07 Å². The van der Waals surface area contributed by atoms with Crippen LogP contribution in [0.3, 0.4) is 0 Å². The Balaban J connectivity index is 1.87. The number of amides is 1. The molecule has 0 spiro atoms. The summed E-state index contributed by atoms with van der Waals surface area (Å²) >= 11 is 0. The normalized spacial score (nSPS) is 17.9. The lowest BCUT2D eigenvalue weighted by molar-refractivity contribution is 0.124. The number of rotatable bonds is 6. The highest BCUT2D eigenvalue weighted by atomic mass is 16.5. The molecule has 1 fully saturated rings. The van der Waals surface area contributed by atoms with E-state index >= 15 is 0 Å². The maximum absolute atomic E-state index is 11.0. The van der Waals surface area contributed by atoms with Gasteiger partial charge in [0, 0.05) is 25.7 Å². The fourth-order valence-electron chi connectivity index (χ4n) is 2.48. The van der Waals surface area contributed by atoms with E-state index in [0.29, 0.717) is 49.9 Å². The number of piperazine rings is 1. The molecule has 2 N–H and O–H groups in total. The molecule has 1 aliphatic heterocycles. The molecule has 1 heterocycles. The Morgan fingerprint density at radius 3 is 2.82 bits per heavy atom. The van der Waals surface area contributed by atoms with E-state index < -0.39 is 6.09 Å². The van der Waals surface area contributed by atoms with Crippen molar-refractivity contribution in [3.05, 3.63) is 18.2 Å². The molecule has 1 aromatic rings. The number of methoxy groups -OCH3 is 2. The summed E-state index contributed by atoms with van der Waals surface area (Å²) in [5.41, 5.74) is 0. The molecule has 7 heteroatoms. The third kappa shape index (κ3) is 3.94. The van der Waals surface area contributed by atoms with Crippen molar-refractivity contribution >= 4 is 6.09 Å². The maximum Gasteiger partial charge on any atom is 0.407 e. The van der Waals surface area contributed by atoms with E-state index in [1.54, 1.807) is 20.3 Å². The first-order valence-corrected chi connectivity index (χ1v) is 7.20. The molecule has 0 saturated carbocycles. The molecule has 22 heavy (non-hydrogen) atoms. The molecule has 0 bridgehead atoms. The molecule has 1 atom stereocenters. The number of para-hydroxylation sites is 1. The monoisotopic (exact) mass is 310 g/mol. The van der Waals surface area contributed by atoms with E-state index in [2.05, 4.69) is 5.32 Å². The van der Waals surface area contributed by atoms with Crippen LogP contribution in [0, 0.1) is 0 Å². The van der Waals surface area contributed by atoms with Gasteiger partial charge in [-0.15, -0.1) is 0 Å². The number of hydrogen-bond donors (Lipinski definition) is 2. The second kappa shape index (κ2) is 7.74. The van der Waals surface area contributed by atoms with Crippen LogP contribution in [0.15, 0.2) is 18.2 Å². The van der Waals surface area contributed by atoms with E-state index in [-0.39, 0.29) is 6.04 Å². The van der Waals surface area contributed by atoms with Gasteiger partial charge < -0.3 is 29.5 Å². The molecule has 2 rings (SSSR count). The van der Waals surface area contributed by atoms with Gasteiger partial charge in [-0.3, -0.25) is 0 Å². The molecule has 0 aromatic heterocycles. The average Bonchev–Trinajstić information content (AvgIpc) is 2.54. The summed E-state index contributed by atoms with van der Waals surface area (Å²) < 4.78 is 16.3. The second-order valence-electron chi connectivity index (χ2n) is 5.01. The standard InChI is InChI=1S/C15H22N2O5/c1-20-12-4-3-5-13(14(12)21-2)22-9-6-11-10-17(15(18)19)8-7-16-11/h3-5,11,16H,6-10H2,1-2H3,(H,18,19)/t11-/m1/s1.